The molecule has 2 aliphatic heterocycles. The number of benzene rings is 2. The zero-order valence-corrected chi connectivity index (χ0v) is 19.5. The number of anilines is 1. The summed E-state index contributed by atoms with van der Waals surface area (Å²) in [5.74, 6) is -1.16. The molecule has 2 aliphatic rings. The average Bonchev–Trinajstić information content (AvgIpc) is 3.24. The Morgan fingerprint density at radius 2 is 1.77 bits per heavy atom. The van der Waals surface area contributed by atoms with Crippen LogP contribution in [0, 0.1) is 0 Å². The van der Waals surface area contributed by atoms with Crippen LogP contribution in [0.1, 0.15) is 19.4 Å². The number of fused-ring (bicyclic) bond motifs is 1. The Balaban J connectivity index is 1.50. The first-order valence-corrected chi connectivity index (χ1v) is 11.0. The lowest BCUT2D eigenvalue weighted by atomic mass is 10.1. The van der Waals surface area contributed by atoms with Crippen molar-refractivity contribution in [2.75, 3.05) is 19.0 Å². The SMILES string of the molecule is CO[C@@H]1[C@H]2OC(C)(C)O[C@H]2O[C@@H]1CN(Cc1ccc(OC(F)(F)F)cc1)C(=O)Nc1ccccc1. The van der Waals surface area contributed by atoms with Crippen LogP contribution in [0.4, 0.5) is 23.7 Å². The molecule has 1 N–H and O–H groups in total. The van der Waals surface area contributed by atoms with Gasteiger partial charge in [0.1, 0.15) is 24.1 Å². The summed E-state index contributed by atoms with van der Waals surface area (Å²) in [5.41, 5.74) is 1.20. The Kier molecular flexibility index (Phi) is 7.22. The van der Waals surface area contributed by atoms with Crippen LogP contribution < -0.4 is 10.1 Å². The number of hydrogen-bond acceptors (Lipinski definition) is 6. The number of hydrogen-bond donors (Lipinski definition) is 1. The van der Waals surface area contributed by atoms with Gasteiger partial charge < -0.3 is 33.9 Å². The quantitative estimate of drug-likeness (QED) is 0.608. The van der Waals surface area contributed by atoms with E-state index in [0.29, 0.717) is 11.3 Å². The number of carbonyl (C=O) groups is 1. The van der Waals surface area contributed by atoms with Gasteiger partial charge in [0.15, 0.2) is 12.1 Å². The monoisotopic (exact) mass is 496 g/mol. The van der Waals surface area contributed by atoms with Gasteiger partial charge in [0.05, 0.1) is 6.54 Å². The highest BCUT2D eigenvalue weighted by atomic mass is 19.4. The summed E-state index contributed by atoms with van der Waals surface area (Å²) in [4.78, 5) is 14.7. The third kappa shape index (κ3) is 6.43. The molecular weight excluding hydrogens is 469 g/mol. The van der Waals surface area contributed by atoms with E-state index in [0.717, 1.165) is 0 Å². The van der Waals surface area contributed by atoms with Crippen LogP contribution in [0.3, 0.4) is 0 Å². The molecule has 4 atom stereocenters. The van der Waals surface area contributed by atoms with Gasteiger partial charge in [-0.15, -0.1) is 13.2 Å². The van der Waals surface area contributed by atoms with Gasteiger partial charge in [-0.05, 0) is 43.7 Å². The molecule has 2 fully saturated rings. The largest absolute Gasteiger partial charge is 0.573 e. The van der Waals surface area contributed by atoms with Crippen LogP contribution in [0.2, 0.25) is 0 Å². The van der Waals surface area contributed by atoms with Crippen molar-refractivity contribution in [1.29, 1.82) is 0 Å². The average molecular weight is 496 g/mol. The molecule has 190 valence electrons. The summed E-state index contributed by atoms with van der Waals surface area (Å²) in [7, 11) is 1.53. The third-order valence-corrected chi connectivity index (χ3v) is 5.60. The first-order chi connectivity index (χ1) is 16.5. The van der Waals surface area contributed by atoms with Crippen molar-refractivity contribution < 1.29 is 41.7 Å². The van der Waals surface area contributed by atoms with E-state index >= 15 is 0 Å². The van der Waals surface area contributed by atoms with E-state index in [1.165, 1.54) is 36.3 Å². The van der Waals surface area contributed by atoms with Crippen molar-refractivity contribution in [3.05, 3.63) is 60.2 Å². The number of nitrogens with zero attached hydrogens (tertiary/aromatic N) is 1. The molecule has 11 heteroatoms. The predicted octanol–water partition coefficient (Wildman–Crippen LogP) is 4.51. The number of rotatable bonds is 7. The van der Waals surface area contributed by atoms with Crippen LogP contribution in [0.25, 0.3) is 0 Å². The topological polar surface area (TPSA) is 78.5 Å². The highest BCUT2D eigenvalue weighted by Crippen LogP contribution is 2.39. The number of alkyl halides is 3. The molecule has 0 aromatic heterocycles. The molecule has 0 aliphatic carbocycles. The standard InChI is InChI=1S/C24H27F3N2O6/c1-23(2)34-20-19(31-3)18(32-21(20)35-23)14-29(22(30)28-16-7-5-4-6-8-16)13-15-9-11-17(12-10-15)33-24(25,26)27/h4-12,18-21H,13-14H2,1-3H3,(H,28,30)/t18-,19+,20-,21-/m1/s1. The number of methoxy groups -OCH3 is 1. The lowest BCUT2D eigenvalue weighted by Gasteiger charge is -2.30. The molecule has 0 saturated carbocycles. The summed E-state index contributed by atoms with van der Waals surface area (Å²) in [6.07, 6.45) is -6.93. The van der Waals surface area contributed by atoms with E-state index < -0.39 is 42.8 Å². The lowest BCUT2D eigenvalue weighted by Crippen LogP contribution is -2.45. The van der Waals surface area contributed by atoms with E-state index in [4.69, 9.17) is 18.9 Å². The number of ether oxygens (including phenoxy) is 5. The minimum atomic E-state index is -4.78. The number of urea groups is 1. The van der Waals surface area contributed by atoms with Crippen molar-refractivity contribution in [3.8, 4) is 5.75 Å². The fourth-order valence-corrected chi connectivity index (χ4v) is 4.16. The molecule has 0 bridgehead atoms. The Morgan fingerprint density at radius 3 is 2.40 bits per heavy atom. The Hall–Kier alpha value is -2.86. The molecule has 0 spiro atoms. The second kappa shape index (κ2) is 10.0. The molecule has 2 amide bonds. The first kappa shape index (κ1) is 25.2. The van der Waals surface area contributed by atoms with Gasteiger partial charge in [-0.1, -0.05) is 30.3 Å². The maximum Gasteiger partial charge on any atom is 0.573 e. The summed E-state index contributed by atoms with van der Waals surface area (Å²) < 4.78 is 64.7. The van der Waals surface area contributed by atoms with Crippen LogP contribution >= 0.6 is 0 Å². The minimum absolute atomic E-state index is 0.101. The fourth-order valence-electron chi connectivity index (χ4n) is 4.16. The van der Waals surface area contributed by atoms with Crippen LogP contribution in [-0.2, 0) is 25.5 Å². The van der Waals surface area contributed by atoms with Gasteiger partial charge in [0.25, 0.3) is 0 Å². The van der Waals surface area contributed by atoms with E-state index in [9.17, 15) is 18.0 Å². The van der Waals surface area contributed by atoms with Gasteiger partial charge in [-0.3, -0.25) is 0 Å². The molecule has 2 aromatic carbocycles. The molecule has 2 saturated heterocycles. The number of halogens is 3. The maximum absolute atomic E-state index is 13.2. The molecule has 0 radical (unpaired) electrons. The number of para-hydroxylation sites is 1. The molecule has 0 unspecified atom stereocenters. The van der Waals surface area contributed by atoms with Crippen molar-refractivity contribution in [3.63, 3.8) is 0 Å². The van der Waals surface area contributed by atoms with E-state index in [1.54, 1.807) is 38.1 Å². The summed E-state index contributed by atoms with van der Waals surface area (Å²) in [5, 5.41) is 2.83. The molecular formula is C24H27F3N2O6. The number of nitrogens with one attached hydrogen (secondary N) is 1. The van der Waals surface area contributed by atoms with Crippen LogP contribution in [-0.4, -0.2) is 61.3 Å². The second-order valence-electron chi connectivity index (χ2n) is 8.71. The zero-order valence-electron chi connectivity index (χ0n) is 19.5. The van der Waals surface area contributed by atoms with Crippen molar-refractivity contribution in [2.24, 2.45) is 0 Å². The van der Waals surface area contributed by atoms with E-state index in [2.05, 4.69) is 10.1 Å². The van der Waals surface area contributed by atoms with Crippen LogP contribution in [0.5, 0.6) is 5.75 Å². The van der Waals surface area contributed by atoms with Gasteiger partial charge in [-0.2, -0.15) is 0 Å². The Morgan fingerprint density at radius 1 is 1.09 bits per heavy atom. The smallest absolute Gasteiger partial charge is 0.406 e. The lowest BCUT2D eigenvalue weighted by molar-refractivity contribution is -0.274. The number of amides is 2. The summed E-state index contributed by atoms with van der Waals surface area (Å²) in [6.45, 7) is 3.78. The van der Waals surface area contributed by atoms with Gasteiger partial charge >= 0.3 is 12.4 Å². The van der Waals surface area contributed by atoms with Crippen molar-refractivity contribution >= 4 is 11.7 Å². The van der Waals surface area contributed by atoms with E-state index in [-0.39, 0.29) is 18.8 Å². The Bertz CT molecular complexity index is 1000. The molecule has 4 rings (SSSR count). The Labute approximate surface area is 200 Å². The highest BCUT2D eigenvalue weighted by molar-refractivity contribution is 5.89. The van der Waals surface area contributed by atoms with Crippen molar-refractivity contribution in [1.82, 2.24) is 4.90 Å². The normalized spacial score (nSPS) is 25.2. The molecule has 2 aromatic rings. The maximum atomic E-state index is 13.2. The van der Waals surface area contributed by atoms with Gasteiger partial charge in [0, 0.05) is 19.3 Å². The number of carbonyl (C=O) groups excluding carboxylic acids is 1. The zero-order chi connectivity index (χ0) is 25.2. The second-order valence-corrected chi connectivity index (χ2v) is 8.71. The molecule has 2 heterocycles. The fraction of sp³-hybridized carbons (Fsp3) is 0.458. The van der Waals surface area contributed by atoms with Crippen molar-refractivity contribution in [2.45, 2.75) is 57.1 Å². The van der Waals surface area contributed by atoms with Crippen LogP contribution in [0.15, 0.2) is 54.6 Å². The predicted molar refractivity (Wildman–Crippen MR) is 118 cm³/mol. The molecule has 8 nitrogen and oxygen atoms in total. The van der Waals surface area contributed by atoms with Gasteiger partial charge in [-0.25, -0.2) is 4.79 Å². The first-order valence-electron chi connectivity index (χ1n) is 11.0. The highest BCUT2D eigenvalue weighted by Gasteiger charge is 2.55. The molecule has 35 heavy (non-hydrogen) atoms. The summed E-state index contributed by atoms with van der Waals surface area (Å²) in [6, 6.07) is 13.8. The third-order valence-electron chi connectivity index (χ3n) is 5.60. The van der Waals surface area contributed by atoms with E-state index in [1.807, 2.05) is 6.07 Å². The summed E-state index contributed by atoms with van der Waals surface area (Å²) >= 11 is 0. The minimum Gasteiger partial charge on any atom is -0.406 e. The van der Waals surface area contributed by atoms with Gasteiger partial charge in [0.2, 0.25) is 0 Å².